The van der Waals surface area contributed by atoms with Gasteiger partial charge >= 0.3 is 5.97 Å². The van der Waals surface area contributed by atoms with Gasteiger partial charge in [0.1, 0.15) is 0 Å². The van der Waals surface area contributed by atoms with E-state index < -0.39 is 11.4 Å². The first-order valence-corrected chi connectivity index (χ1v) is 5.55. The van der Waals surface area contributed by atoms with E-state index in [4.69, 9.17) is 5.11 Å². The molecule has 0 aromatic carbocycles. The number of rotatable bonds is 6. The molecule has 0 radical (unpaired) electrons. The normalized spacial score (nSPS) is 11.7. The Morgan fingerprint density at radius 1 is 1.56 bits per heavy atom. The molecule has 0 bridgehead atoms. The van der Waals surface area contributed by atoms with Crippen LogP contribution in [-0.2, 0) is 17.9 Å². The molecule has 0 saturated heterocycles. The fourth-order valence-corrected chi connectivity index (χ4v) is 1.51. The van der Waals surface area contributed by atoms with Gasteiger partial charge in [-0.25, -0.2) is 0 Å². The third-order valence-corrected chi connectivity index (χ3v) is 2.62. The highest BCUT2D eigenvalue weighted by Gasteiger charge is 2.27. The van der Waals surface area contributed by atoms with Gasteiger partial charge in [0.15, 0.2) is 0 Å². The van der Waals surface area contributed by atoms with E-state index in [0.29, 0.717) is 6.54 Å². The Bertz CT molecular complexity index is 356. The van der Waals surface area contributed by atoms with E-state index in [9.17, 15) is 4.79 Å². The predicted octanol–water partition coefficient (Wildman–Crippen LogP) is 1.71. The van der Waals surface area contributed by atoms with Crippen molar-refractivity contribution in [2.24, 2.45) is 5.41 Å². The fraction of sp³-hybridized carbons (Fsp3) is 0.583. The van der Waals surface area contributed by atoms with E-state index in [1.54, 1.807) is 13.8 Å². The Kier molecular flexibility index (Phi) is 4.12. The maximum atomic E-state index is 11.0. The van der Waals surface area contributed by atoms with Crippen molar-refractivity contribution in [2.45, 2.75) is 33.9 Å². The van der Waals surface area contributed by atoms with Crippen molar-refractivity contribution in [3.63, 3.8) is 0 Å². The largest absolute Gasteiger partial charge is 0.481 e. The Hall–Kier alpha value is -1.29. The van der Waals surface area contributed by atoms with Gasteiger partial charge in [-0.15, -0.1) is 0 Å². The second kappa shape index (κ2) is 5.16. The molecule has 4 heteroatoms. The van der Waals surface area contributed by atoms with Gasteiger partial charge in [-0.3, -0.25) is 4.79 Å². The molecule has 1 aromatic rings. The van der Waals surface area contributed by atoms with Crippen molar-refractivity contribution >= 4 is 5.97 Å². The first kappa shape index (κ1) is 12.8. The first-order chi connectivity index (χ1) is 7.47. The van der Waals surface area contributed by atoms with Crippen LogP contribution in [0.15, 0.2) is 18.3 Å². The van der Waals surface area contributed by atoms with Gasteiger partial charge in [-0.1, -0.05) is 6.92 Å². The third kappa shape index (κ3) is 3.10. The van der Waals surface area contributed by atoms with Gasteiger partial charge in [0, 0.05) is 25.0 Å². The van der Waals surface area contributed by atoms with Crippen LogP contribution in [0.4, 0.5) is 0 Å². The summed E-state index contributed by atoms with van der Waals surface area (Å²) in [6.07, 6.45) is 1.93. The minimum Gasteiger partial charge on any atom is -0.481 e. The highest BCUT2D eigenvalue weighted by Crippen LogP contribution is 2.19. The summed E-state index contributed by atoms with van der Waals surface area (Å²) in [5.41, 5.74) is 0.385. The van der Waals surface area contributed by atoms with Crippen LogP contribution in [0.5, 0.6) is 0 Å². The quantitative estimate of drug-likeness (QED) is 0.773. The number of hydrogen-bond donors (Lipinski definition) is 2. The number of hydrogen-bond acceptors (Lipinski definition) is 2. The Morgan fingerprint density at radius 2 is 2.25 bits per heavy atom. The molecule has 0 saturated carbocycles. The molecule has 90 valence electrons. The van der Waals surface area contributed by atoms with Crippen molar-refractivity contribution in [1.29, 1.82) is 0 Å². The van der Waals surface area contributed by atoms with Gasteiger partial charge in [-0.05, 0) is 32.5 Å². The summed E-state index contributed by atoms with van der Waals surface area (Å²) in [4.78, 5) is 11.0. The van der Waals surface area contributed by atoms with Crippen LogP contribution >= 0.6 is 0 Å². The standard InChI is InChI=1S/C12H20N2O2/c1-4-13-8-10-6-5-7-14(10)9-12(2,3)11(15)16/h5-7,13H,4,8-9H2,1-3H3,(H,15,16). The molecule has 0 amide bonds. The summed E-state index contributed by atoms with van der Waals surface area (Å²) in [5, 5.41) is 12.3. The summed E-state index contributed by atoms with van der Waals surface area (Å²) in [5.74, 6) is -0.768. The molecule has 0 atom stereocenters. The van der Waals surface area contributed by atoms with E-state index in [1.807, 2.05) is 22.9 Å². The molecule has 0 aliphatic rings. The third-order valence-electron chi connectivity index (χ3n) is 2.62. The summed E-state index contributed by atoms with van der Waals surface area (Å²) >= 11 is 0. The number of carbonyl (C=O) groups is 1. The zero-order chi connectivity index (χ0) is 12.2. The minimum atomic E-state index is -0.768. The molecule has 0 fully saturated rings. The molecule has 2 N–H and O–H groups in total. The van der Waals surface area contributed by atoms with Crippen LogP contribution in [0.1, 0.15) is 26.5 Å². The predicted molar refractivity (Wildman–Crippen MR) is 63.2 cm³/mol. The second-order valence-electron chi connectivity index (χ2n) is 4.60. The summed E-state index contributed by atoms with van der Waals surface area (Å²) in [7, 11) is 0. The molecule has 0 unspecified atom stereocenters. The van der Waals surface area contributed by atoms with Crippen LogP contribution in [0.25, 0.3) is 0 Å². The summed E-state index contributed by atoms with van der Waals surface area (Å²) in [6.45, 7) is 7.72. The molecular formula is C12H20N2O2. The van der Waals surface area contributed by atoms with E-state index in [1.165, 1.54) is 0 Å². The summed E-state index contributed by atoms with van der Waals surface area (Å²) in [6, 6.07) is 3.96. The fourth-order valence-electron chi connectivity index (χ4n) is 1.51. The number of aliphatic carboxylic acids is 1. The molecular weight excluding hydrogens is 204 g/mol. The van der Waals surface area contributed by atoms with Crippen molar-refractivity contribution in [1.82, 2.24) is 9.88 Å². The van der Waals surface area contributed by atoms with Gasteiger partial charge in [-0.2, -0.15) is 0 Å². The van der Waals surface area contributed by atoms with E-state index >= 15 is 0 Å². The monoisotopic (exact) mass is 224 g/mol. The zero-order valence-electron chi connectivity index (χ0n) is 10.2. The molecule has 0 aliphatic heterocycles. The van der Waals surface area contributed by atoms with Gasteiger partial charge in [0.25, 0.3) is 0 Å². The van der Waals surface area contributed by atoms with Crippen molar-refractivity contribution in [3.8, 4) is 0 Å². The van der Waals surface area contributed by atoms with E-state index in [0.717, 1.165) is 18.8 Å². The first-order valence-electron chi connectivity index (χ1n) is 5.55. The lowest BCUT2D eigenvalue weighted by atomic mass is 9.94. The van der Waals surface area contributed by atoms with Crippen molar-refractivity contribution < 1.29 is 9.90 Å². The lowest BCUT2D eigenvalue weighted by Crippen LogP contribution is -2.30. The average molecular weight is 224 g/mol. The van der Waals surface area contributed by atoms with Crippen LogP contribution in [0.3, 0.4) is 0 Å². The molecule has 4 nitrogen and oxygen atoms in total. The van der Waals surface area contributed by atoms with Gasteiger partial charge < -0.3 is 15.0 Å². The number of carboxylic acid groups (broad SMARTS) is 1. The zero-order valence-corrected chi connectivity index (χ0v) is 10.2. The Morgan fingerprint density at radius 3 is 2.81 bits per heavy atom. The smallest absolute Gasteiger partial charge is 0.310 e. The molecule has 0 spiro atoms. The molecule has 1 heterocycles. The molecule has 1 aromatic heterocycles. The second-order valence-corrected chi connectivity index (χ2v) is 4.60. The van der Waals surface area contributed by atoms with Crippen LogP contribution in [0.2, 0.25) is 0 Å². The van der Waals surface area contributed by atoms with Crippen LogP contribution in [-0.4, -0.2) is 22.2 Å². The van der Waals surface area contributed by atoms with Crippen LogP contribution in [0, 0.1) is 5.41 Å². The SMILES string of the molecule is CCNCc1cccn1CC(C)(C)C(=O)O. The minimum absolute atomic E-state index is 0.496. The van der Waals surface area contributed by atoms with Crippen molar-refractivity contribution in [2.75, 3.05) is 6.54 Å². The number of nitrogens with one attached hydrogen (secondary N) is 1. The van der Waals surface area contributed by atoms with E-state index in [-0.39, 0.29) is 0 Å². The number of aromatic nitrogens is 1. The highest BCUT2D eigenvalue weighted by molar-refractivity contribution is 5.73. The van der Waals surface area contributed by atoms with E-state index in [2.05, 4.69) is 12.2 Å². The van der Waals surface area contributed by atoms with Gasteiger partial charge in [0.2, 0.25) is 0 Å². The highest BCUT2D eigenvalue weighted by atomic mass is 16.4. The van der Waals surface area contributed by atoms with Crippen LogP contribution < -0.4 is 5.32 Å². The van der Waals surface area contributed by atoms with Gasteiger partial charge in [0.05, 0.1) is 5.41 Å². The molecule has 1 rings (SSSR count). The molecule has 0 aliphatic carbocycles. The summed E-state index contributed by atoms with van der Waals surface area (Å²) < 4.78 is 2.00. The van der Waals surface area contributed by atoms with Crippen molar-refractivity contribution in [3.05, 3.63) is 24.0 Å². The lowest BCUT2D eigenvalue weighted by molar-refractivity contribution is -0.147. The maximum Gasteiger partial charge on any atom is 0.310 e. The lowest BCUT2D eigenvalue weighted by Gasteiger charge is -2.21. The number of carboxylic acids is 1. The molecule has 16 heavy (non-hydrogen) atoms. The topological polar surface area (TPSA) is 54.3 Å². The average Bonchev–Trinajstić information content (AvgIpc) is 2.61. The maximum absolute atomic E-state index is 11.0. The number of nitrogens with zero attached hydrogens (tertiary/aromatic N) is 1. The Labute approximate surface area is 96.3 Å². The Balaban J connectivity index is 2.73.